The minimum absolute atomic E-state index is 0.302. The van der Waals surface area contributed by atoms with Crippen LogP contribution in [0.4, 0.5) is 0 Å². The Labute approximate surface area is 75.6 Å². The Morgan fingerprint density at radius 1 is 1.62 bits per heavy atom. The zero-order chi connectivity index (χ0) is 10.5. The number of hydrogen-bond acceptors (Lipinski definition) is 3. The van der Waals surface area contributed by atoms with Crippen molar-refractivity contribution in [1.29, 1.82) is 0 Å². The SMILES string of the molecule is CN(C=O)CP(=O)(O)CCC(=O)O. The molecule has 0 aromatic rings. The Kier molecular flexibility index (Phi) is 4.66. The first kappa shape index (κ1) is 12.1. The highest BCUT2D eigenvalue weighted by Gasteiger charge is 2.21. The van der Waals surface area contributed by atoms with Gasteiger partial charge in [0.05, 0.1) is 12.7 Å². The van der Waals surface area contributed by atoms with Gasteiger partial charge in [0.15, 0.2) is 0 Å². The van der Waals surface area contributed by atoms with Gasteiger partial charge in [-0.25, -0.2) is 0 Å². The van der Waals surface area contributed by atoms with E-state index in [0.717, 1.165) is 4.90 Å². The fourth-order valence-corrected chi connectivity index (χ4v) is 2.17. The van der Waals surface area contributed by atoms with Crippen molar-refractivity contribution in [2.45, 2.75) is 6.42 Å². The van der Waals surface area contributed by atoms with E-state index in [1.165, 1.54) is 7.05 Å². The molecule has 2 N–H and O–H groups in total. The first-order chi connectivity index (χ1) is 5.87. The zero-order valence-electron chi connectivity index (χ0n) is 7.21. The summed E-state index contributed by atoms with van der Waals surface area (Å²) in [6.07, 6.45) is -0.547. The maximum absolute atomic E-state index is 11.2. The van der Waals surface area contributed by atoms with Crippen molar-refractivity contribution in [3.8, 4) is 0 Å². The van der Waals surface area contributed by atoms with Crippen LogP contribution in [0.2, 0.25) is 0 Å². The van der Waals surface area contributed by atoms with Crippen LogP contribution < -0.4 is 0 Å². The fourth-order valence-electron chi connectivity index (χ4n) is 0.723. The molecule has 0 heterocycles. The zero-order valence-corrected chi connectivity index (χ0v) is 8.11. The third kappa shape index (κ3) is 6.31. The summed E-state index contributed by atoms with van der Waals surface area (Å²) in [4.78, 5) is 30.4. The van der Waals surface area contributed by atoms with E-state index in [-0.39, 0.29) is 18.9 Å². The number of nitrogens with zero attached hydrogens (tertiary/aromatic N) is 1. The number of hydrogen-bond donors (Lipinski definition) is 2. The first-order valence-electron chi connectivity index (χ1n) is 3.55. The van der Waals surface area contributed by atoms with Crippen molar-refractivity contribution >= 4 is 19.7 Å². The monoisotopic (exact) mass is 209 g/mol. The number of carboxylic acids is 1. The Morgan fingerprint density at radius 2 is 2.15 bits per heavy atom. The maximum Gasteiger partial charge on any atom is 0.303 e. The van der Waals surface area contributed by atoms with Crippen LogP contribution in [0.1, 0.15) is 6.42 Å². The highest BCUT2D eigenvalue weighted by Crippen LogP contribution is 2.40. The van der Waals surface area contributed by atoms with Gasteiger partial charge in [0.2, 0.25) is 13.8 Å². The van der Waals surface area contributed by atoms with Crippen molar-refractivity contribution in [1.82, 2.24) is 4.90 Å². The van der Waals surface area contributed by atoms with Gasteiger partial charge in [-0.05, 0) is 0 Å². The van der Waals surface area contributed by atoms with Gasteiger partial charge in [-0.1, -0.05) is 0 Å². The molecule has 0 aliphatic rings. The molecule has 0 fully saturated rings. The van der Waals surface area contributed by atoms with Gasteiger partial charge in [0.25, 0.3) is 0 Å². The van der Waals surface area contributed by atoms with Crippen LogP contribution in [0.15, 0.2) is 0 Å². The lowest BCUT2D eigenvalue weighted by molar-refractivity contribution is -0.136. The van der Waals surface area contributed by atoms with Crippen LogP contribution in [0.3, 0.4) is 0 Å². The van der Waals surface area contributed by atoms with Crippen molar-refractivity contribution in [3.05, 3.63) is 0 Å². The second-order valence-corrected chi connectivity index (χ2v) is 5.14. The topological polar surface area (TPSA) is 94.9 Å². The number of carboxylic acid groups (broad SMARTS) is 1. The molecule has 0 saturated carbocycles. The van der Waals surface area contributed by atoms with Crippen LogP contribution in [-0.4, -0.2) is 46.8 Å². The summed E-state index contributed by atoms with van der Waals surface area (Å²) in [7, 11) is -2.15. The second kappa shape index (κ2) is 4.99. The number of rotatable bonds is 6. The Balaban J connectivity index is 4.00. The summed E-state index contributed by atoms with van der Waals surface area (Å²) < 4.78 is 11.2. The number of amides is 1. The Morgan fingerprint density at radius 3 is 2.54 bits per heavy atom. The van der Waals surface area contributed by atoms with E-state index < -0.39 is 13.3 Å². The highest BCUT2D eigenvalue weighted by molar-refractivity contribution is 7.57. The molecule has 0 rings (SSSR count). The molecule has 0 aliphatic carbocycles. The molecule has 0 aliphatic heterocycles. The summed E-state index contributed by atoms with van der Waals surface area (Å²) in [6.45, 7) is 0. The van der Waals surface area contributed by atoms with Gasteiger partial charge in [-0.3, -0.25) is 14.2 Å². The van der Waals surface area contributed by atoms with E-state index in [2.05, 4.69) is 0 Å². The van der Waals surface area contributed by atoms with E-state index in [9.17, 15) is 14.2 Å². The molecule has 0 aromatic heterocycles. The molecule has 0 radical (unpaired) electrons. The van der Waals surface area contributed by atoms with Gasteiger partial charge >= 0.3 is 5.97 Å². The molecule has 1 unspecified atom stereocenters. The number of carbonyl (C=O) groups excluding carboxylic acids is 1. The largest absolute Gasteiger partial charge is 0.481 e. The third-order valence-corrected chi connectivity index (χ3v) is 3.11. The predicted molar refractivity (Wildman–Crippen MR) is 45.6 cm³/mol. The molecule has 1 atom stereocenters. The molecule has 6 nitrogen and oxygen atoms in total. The normalized spacial score (nSPS) is 14.6. The molecule has 0 saturated heterocycles. The van der Waals surface area contributed by atoms with Crippen LogP contribution in [-0.2, 0) is 14.2 Å². The van der Waals surface area contributed by atoms with E-state index in [1.54, 1.807) is 0 Å². The quantitative estimate of drug-likeness (QED) is 0.465. The summed E-state index contributed by atoms with van der Waals surface area (Å²) in [5, 5.41) is 8.25. The van der Waals surface area contributed by atoms with Gasteiger partial charge in [0, 0.05) is 13.2 Å². The molecular formula is C6H12NO5P. The minimum Gasteiger partial charge on any atom is -0.481 e. The van der Waals surface area contributed by atoms with Gasteiger partial charge < -0.3 is 14.9 Å². The number of carbonyl (C=O) groups is 2. The standard InChI is InChI=1S/C6H12NO5P/c1-7(4-8)5-13(11,12)3-2-6(9)10/h4H,2-3,5H2,1H3,(H,9,10)(H,11,12). The molecule has 0 spiro atoms. The van der Waals surface area contributed by atoms with Crippen LogP contribution in [0, 0.1) is 0 Å². The lowest BCUT2D eigenvalue weighted by Gasteiger charge is -2.15. The Bertz CT molecular complexity index is 241. The summed E-state index contributed by atoms with van der Waals surface area (Å²) in [5.74, 6) is -1.12. The molecule has 7 heteroatoms. The average molecular weight is 209 g/mol. The maximum atomic E-state index is 11.2. The summed E-state index contributed by atoms with van der Waals surface area (Å²) in [6, 6.07) is 0. The smallest absolute Gasteiger partial charge is 0.303 e. The van der Waals surface area contributed by atoms with Gasteiger partial charge in [0.1, 0.15) is 0 Å². The lowest BCUT2D eigenvalue weighted by Crippen LogP contribution is -2.18. The van der Waals surface area contributed by atoms with Crippen LogP contribution in [0.25, 0.3) is 0 Å². The summed E-state index contributed by atoms with van der Waals surface area (Å²) in [5.41, 5.74) is 0. The minimum atomic E-state index is -3.51. The van der Waals surface area contributed by atoms with Crippen LogP contribution in [0.5, 0.6) is 0 Å². The van der Waals surface area contributed by atoms with Crippen LogP contribution >= 0.6 is 7.37 Å². The first-order valence-corrected chi connectivity index (χ1v) is 5.58. The highest BCUT2D eigenvalue weighted by atomic mass is 31.2. The van der Waals surface area contributed by atoms with Crippen molar-refractivity contribution < 1.29 is 24.2 Å². The number of aliphatic carboxylic acids is 1. The Hall–Kier alpha value is -0.870. The fraction of sp³-hybridized carbons (Fsp3) is 0.667. The van der Waals surface area contributed by atoms with E-state index in [0.29, 0.717) is 6.41 Å². The van der Waals surface area contributed by atoms with E-state index >= 15 is 0 Å². The summed E-state index contributed by atoms with van der Waals surface area (Å²) >= 11 is 0. The van der Waals surface area contributed by atoms with Crippen molar-refractivity contribution in [2.24, 2.45) is 0 Å². The van der Waals surface area contributed by atoms with E-state index in [4.69, 9.17) is 10.00 Å². The second-order valence-electron chi connectivity index (χ2n) is 2.72. The van der Waals surface area contributed by atoms with Gasteiger partial charge in [-0.2, -0.15) is 0 Å². The average Bonchev–Trinajstić information content (AvgIpc) is 2.00. The predicted octanol–water partition coefficient (Wildman–Crippen LogP) is -0.223. The van der Waals surface area contributed by atoms with Gasteiger partial charge in [-0.15, -0.1) is 0 Å². The molecule has 1 amide bonds. The van der Waals surface area contributed by atoms with Crippen molar-refractivity contribution in [2.75, 3.05) is 19.5 Å². The molecule has 0 bridgehead atoms. The van der Waals surface area contributed by atoms with E-state index in [1.807, 2.05) is 0 Å². The van der Waals surface area contributed by atoms with Crippen molar-refractivity contribution in [3.63, 3.8) is 0 Å². The molecule has 0 aromatic carbocycles. The molecule has 13 heavy (non-hydrogen) atoms. The molecular weight excluding hydrogens is 197 g/mol. The molecule has 76 valence electrons. The third-order valence-electron chi connectivity index (χ3n) is 1.30. The lowest BCUT2D eigenvalue weighted by atomic mass is 10.5.